The molecule has 3 N–H and O–H groups in total. The third-order valence-corrected chi connectivity index (χ3v) is 3.04. The maximum Gasteiger partial charge on any atom is 0.0378 e. The van der Waals surface area contributed by atoms with E-state index in [1.807, 2.05) is 12.3 Å². The summed E-state index contributed by atoms with van der Waals surface area (Å²) in [4.78, 5) is 4.13. The van der Waals surface area contributed by atoms with Crippen LogP contribution in [0.3, 0.4) is 0 Å². The van der Waals surface area contributed by atoms with Crippen LogP contribution >= 0.6 is 0 Å². The van der Waals surface area contributed by atoms with Gasteiger partial charge in [0, 0.05) is 24.1 Å². The Morgan fingerprint density at radius 3 is 3.00 bits per heavy atom. The summed E-state index contributed by atoms with van der Waals surface area (Å²) in [7, 11) is 0. The third kappa shape index (κ3) is 2.69. The number of rotatable bonds is 5. The molecule has 1 fully saturated rings. The van der Waals surface area contributed by atoms with Gasteiger partial charge in [-0.2, -0.15) is 0 Å². The van der Waals surface area contributed by atoms with Gasteiger partial charge in [0.2, 0.25) is 0 Å². The molecule has 0 bridgehead atoms. The van der Waals surface area contributed by atoms with Gasteiger partial charge in [-0.3, -0.25) is 4.98 Å². The van der Waals surface area contributed by atoms with Gasteiger partial charge in [-0.15, -0.1) is 0 Å². The second-order valence-electron chi connectivity index (χ2n) is 4.28. The highest BCUT2D eigenvalue weighted by molar-refractivity contribution is 5.44. The number of nitrogens with zero attached hydrogens (tertiary/aromatic N) is 1. The number of nitrogens with two attached hydrogens (primary N) is 1. The van der Waals surface area contributed by atoms with Crippen molar-refractivity contribution >= 4 is 5.69 Å². The van der Waals surface area contributed by atoms with Crippen molar-refractivity contribution in [3.8, 4) is 0 Å². The monoisotopic (exact) mass is 205 g/mol. The Morgan fingerprint density at radius 2 is 2.40 bits per heavy atom. The second kappa shape index (κ2) is 4.62. The number of pyridine rings is 1. The quantitative estimate of drug-likeness (QED) is 0.767. The van der Waals surface area contributed by atoms with Gasteiger partial charge in [-0.25, -0.2) is 0 Å². The normalized spacial score (nSPS) is 17.7. The molecule has 0 spiro atoms. The summed E-state index contributed by atoms with van der Waals surface area (Å²) >= 11 is 0. The molecule has 1 aromatic heterocycles. The lowest BCUT2D eigenvalue weighted by atomic mass is 10.0. The van der Waals surface area contributed by atoms with Gasteiger partial charge in [0.15, 0.2) is 0 Å². The van der Waals surface area contributed by atoms with Gasteiger partial charge in [0.1, 0.15) is 0 Å². The van der Waals surface area contributed by atoms with Crippen molar-refractivity contribution in [2.24, 2.45) is 5.92 Å². The van der Waals surface area contributed by atoms with Gasteiger partial charge < -0.3 is 11.1 Å². The van der Waals surface area contributed by atoms with E-state index in [-0.39, 0.29) is 0 Å². The fourth-order valence-corrected chi connectivity index (χ4v) is 2.01. The molecule has 15 heavy (non-hydrogen) atoms. The maximum absolute atomic E-state index is 5.92. The number of likely N-dealkylation sites (N-methyl/N-ethyl adjacent to an activating group) is 1. The van der Waals surface area contributed by atoms with Crippen molar-refractivity contribution in [1.29, 1.82) is 0 Å². The largest absolute Gasteiger partial charge is 0.398 e. The first kappa shape index (κ1) is 10.4. The Hall–Kier alpha value is -1.09. The lowest BCUT2D eigenvalue weighted by Crippen LogP contribution is -2.33. The highest BCUT2D eigenvalue weighted by Gasteiger charge is 2.30. The van der Waals surface area contributed by atoms with Gasteiger partial charge in [0.05, 0.1) is 0 Å². The molecule has 0 radical (unpaired) electrons. The third-order valence-electron chi connectivity index (χ3n) is 3.04. The summed E-state index contributed by atoms with van der Waals surface area (Å²) in [5.41, 5.74) is 7.96. The number of nitrogens with one attached hydrogen (secondary N) is 1. The molecule has 82 valence electrons. The van der Waals surface area contributed by atoms with Crippen molar-refractivity contribution < 1.29 is 0 Å². The van der Waals surface area contributed by atoms with Gasteiger partial charge in [-0.05, 0) is 43.4 Å². The minimum Gasteiger partial charge on any atom is -0.398 e. The van der Waals surface area contributed by atoms with Gasteiger partial charge in [-0.1, -0.05) is 6.92 Å². The van der Waals surface area contributed by atoms with E-state index in [2.05, 4.69) is 17.2 Å². The minimum atomic E-state index is 0.585. The molecule has 1 heterocycles. The summed E-state index contributed by atoms with van der Waals surface area (Å²) in [6.45, 7) is 3.18. The van der Waals surface area contributed by atoms with Crippen LogP contribution in [0.2, 0.25) is 0 Å². The summed E-state index contributed by atoms with van der Waals surface area (Å²) in [6.07, 6.45) is 7.37. The molecule has 1 aliphatic carbocycles. The van der Waals surface area contributed by atoms with E-state index < -0.39 is 0 Å². The molecule has 1 saturated carbocycles. The maximum atomic E-state index is 5.92. The first-order valence-electron chi connectivity index (χ1n) is 5.73. The van der Waals surface area contributed by atoms with E-state index in [1.54, 1.807) is 6.20 Å². The standard InChI is InChI=1S/C12H19N3/c1-2-15-12(9-3-4-9)7-10-8-14-6-5-11(10)13/h5-6,8-9,12,15H,2-4,7H2,1H3,(H2,13,14). The Morgan fingerprint density at radius 1 is 1.60 bits per heavy atom. The van der Waals surface area contributed by atoms with Crippen molar-refractivity contribution in [3.05, 3.63) is 24.0 Å². The zero-order chi connectivity index (χ0) is 10.7. The molecular formula is C12H19N3. The van der Waals surface area contributed by atoms with Crippen LogP contribution in [0.25, 0.3) is 0 Å². The fraction of sp³-hybridized carbons (Fsp3) is 0.583. The zero-order valence-electron chi connectivity index (χ0n) is 9.24. The van der Waals surface area contributed by atoms with Crippen molar-refractivity contribution in [2.45, 2.75) is 32.2 Å². The van der Waals surface area contributed by atoms with Crippen LogP contribution < -0.4 is 11.1 Å². The van der Waals surface area contributed by atoms with E-state index in [1.165, 1.54) is 18.4 Å². The number of aromatic nitrogens is 1. The molecule has 0 saturated heterocycles. The predicted molar refractivity (Wildman–Crippen MR) is 62.5 cm³/mol. The van der Waals surface area contributed by atoms with E-state index in [9.17, 15) is 0 Å². The summed E-state index contributed by atoms with van der Waals surface area (Å²) in [5.74, 6) is 0.851. The van der Waals surface area contributed by atoms with Crippen LogP contribution in [0.4, 0.5) is 5.69 Å². The molecule has 3 heteroatoms. The van der Waals surface area contributed by atoms with Crippen LogP contribution in [-0.4, -0.2) is 17.6 Å². The molecule has 1 aromatic rings. The van der Waals surface area contributed by atoms with E-state index in [0.29, 0.717) is 6.04 Å². The Labute approximate surface area is 91.1 Å². The van der Waals surface area contributed by atoms with Crippen LogP contribution in [0.5, 0.6) is 0 Å². The summed E-state index contributed by atoms with van der Waals surface area (Å²) in [5, 5.41) is 3.54. The average molecular weight is 205 g/mol. The molecule has 1 unspecified atom stereocenters. The highest BCUT2D eigenvalue weighted by Crippen LogP contribution is 2.34. The van der Waals surface area contributed by atoms with Crippen LogP contribution in [0, 0.1) is 5.92 Å². The van der Waals surface area contributed by atoms with E-state index >= 15 is 0 Å². The molecular weight excluding hydrogens is 186 g/mol. The van der Waals surface area contributed by atoms with Crippen LogP contribution in [-0.2, 0) is 6.42 Å². The zero-order valence-corrected chi connectivity index (χ0v) is 9.24. The van der Waals surface area contributed by atoms with Crippen molar-refractivity contribution in [3.63, 3.8) is 0 Å². The fourth-order valence-electron chi connectivity index (χ4n) is 2.01. The molecule has 0 aromatic carbocycles. The Kier molecular flexibility index (Phi) is 3.21. The van der Waals surface area contributed by atoms with Crippen molar-refractivity contribution in [1.82, 2.24) is 10.3 Å². The first-order chi connectivity index (χ1) is 7.31. The smallest absolute Gasteiger partial charge is 0.0378 e. The lowest BCUT2D eigenvalue weighted by Gasteiger charge is -2.17. The molecule has 1 aliphatic rings. The molecule has 0 amide bonds. The molecule has 3 nitrogen and oxygen atoms in total. The van der Waals surface area contributed by atoms with Crippen LogP contribution in [0.15, 0.2) is 18.5 Å². The van der Waals surface area contributed by atoms with E-state index in [4.69, 9.17) is 5.73 Å². The highest BCUT2D eigenvalue weighted by atomic mass is 14.9. The minimum absolute atomic E-state index is 0.585. The summed E-state index contributed by atoms with van der Waals surface area (Å²) < 4.78 is 0. The first-order valence-corrected chi connectivity index (χ1v) is 5.73. The number of hydrogen-bond acceptors (Lipinski definition) is 3. The summed E-state index contributed by atoms with van der Waals surface area (Å²) in [6, 6.07) is 2.46. The van der Waals surface area contributed by atoms with Crippen molar-refractivity contribution in [2.75, 3.05) is 12.3 Å². The predicted octanol–water partition coefficient (Wildman–Crippen LogP) is 1.59. The molecule has 2 rings (SSSR count). The Balaban J connectivity index is 2.02. The molecule has 1 atom stereocenters. The lowest BCUT2D eigenvalue weighted by molar-refractivity contribution is 0.472. The van der Waals surface area contributed by atoms with Gasteiger partial charge in [0.25, 0.3) is 0 Å². The SMILES string of the molecule is CCNC(Cc1cnccc1N)C1CC1. The van der Waals surface area contributed by atoms with E-state index in [0.717, 1.165) is 24.6 Å². The molecule has 0 aliphatic heterocycles. The van der Waals surface area contributed by atoms with Gasteiger partial charge >= 0.3 is 0 Å². The number of anilines is 1. The van der Waals surface area contributed by atoms with Crippen LogP contribution in [0.1, 0.15) is 25.3 Å². The second-order valence-corrected chi connectivity index (χ2v) is 4.28. The average Bonchev–Trinajstić information content (AvgIpc) is 3.04. The number of hydrogen-bond donors (Lipinski definition) is 2. The Bertz CT molecular complexity index is 320. The number of nitrogen functional groups attached to an aromatic ring is 1. The topological polar surface area (TPSA) is 50.9 Å².